The summed E-state index contributed by atoms with van der Waals surface area (Å²) >= 11 is 0. The van der Waals surface area contributed by atoms with Crippen LogP contribution in [0.3, 0.4) is 0 Å². The first-order valence-corrected chi connectivity index (χ1v) is 9.44. The molecule has 0 saturated carbocycles. The molecule has 4 aromatic rings. The van der Waals surface area contributed by atoms with E-state index in [4.69, 9.17) is 4.98 Å². The quantitative estimate of drug-likeness (QED) is 0.474. The predicted octanol–water partition coefficient (Wildman–Crippen LogP) is 5.31. The van der Waals surface area contributed by atoms with Gasteiger partial charge in [0.1, 0.15) is 0 Å². The van der Waals surface area contributed by atoms with Gasteiger partial charge >= 0.3 is 0 Å². The number of nitrogens with zero attached hydrogens (tertiary/aromatic N) is 3. The molecule has 5 nitrogen and oxygen atoms in total. The fraction of sp³-hybridized carbons (Fsp3) is 0.125. The molecule has 0 bridgehead atoms. The average molecular weight is 382 g/mol. The number of Topliss-reactive ketones (excluding diaryl/α,β-unsaturated/α-hetero) is 1. The van der Waals surface area contributed by atoms with Crippen LogP contribution in [0.15, 0.2) is 72.8 Å². The van der Waals surface area contributed by atoms with Crippen molar-refractivity contribution >= 4 is 34.0 Å². The maximum absolute atomic E-state index is 11.5. The Kier molecular flexibility index (Phi) is 4.96. The van der Waals surface area contributed by atoms with Crippen molar-refractivity contribution in [1.29, 1.82) is 0 Å². The van der Waals surface area contributed by atoms with Crippen molar-refractivity contribution in [2.24, 2.45) is 0 Å². The Morgan fingerprint density at radius 3 is 2.21 bits per heavy atom. The van der Waals surface area contributed by atoms with Gasteiger partial charge in [0, 0.05) is 42.0 Å². The van der Waals surface area contributed by atoms with E-state index in [0.717, 1.165) is 33.5 Å². The number of ketones is 1. The van der Waals surface area contributed by atoms with Crippen LogP contribution in [0.5, 0.6) is 0 Å². The second-order valence-electron chi connectivity index (χ2n) is 7.11. The first-order chi connectivity index (χ1) is 14.0. The molecule has 3 aromatic carbocycles. The van der Waals surface area contributed by atoms with Crippen LogP contribution in [0.4, 0.5) is 17.3 Å². The van der Waals surface area contributed by atoms with E-state index in [9.17, 15) is 4.79 Å². The van der Waals surface area contributed by atoms with E-state index in [1.807, 2.05) is 50.5 Å². The Bertz CT molecular complexity index is 1170. The number of fused-ring (bicyclic) bond motifs is 1. The van der Waals surface area contributed by atoms with Gasteiger partial charge < -0.3 is 10.2 Å². The van der Waals surface area contributed by atoms with Crippen LogP contribution in [0.2, 0.25) is 0 Å². The zero-order valence-corrected chi connectivity index (χ0v) is 16.7. The highest BCUT2D eigenvalue weighted by atomic mass is 16.1. The summed E-state index contributed by atoms with van der Waals surface area (Å²) < 4.78 is 0. The Hall–Kier alpha value is -3.73. The smallest absolute Gasteiger partial charge is 0.228 e. The Balaban J connectivity index is 1.75. The summed E-state index contributed by atoms with van der Waals surface area (Å²) in [6.45, 7) is 1.56. The summed E-state index contributed by atoms with van der Waals surface area (Å²) in [5.74, 6) is 0.563. The van der Waals surface area contributed by atoms with Gasteiger partial charge in [-0.05, 0) is 49.4 Å². The van der Waals surface area contributed by atoms with Crippen LogP contribution >= 0.6 is 0 Å². The second-order valence-corrected chi connectivity index (χ2v) is 7.11. The van der Waals surface area contributed by atoms with Crippen molar-refractivity contribution < 1.29 is 4.79 Å². The van der Waals surface area contributed by atoms with E-state index in [1.165, 1.54) is 0 Å². The van der Waals surface area contributed by atoms with Gasteiger partial charge in [-0.3, -0.25) is 4.79 Å². The van der Waals surface area contributed by atoms with Crippen LogP contribution in [-0.4, -0.2) is 29.8 Å². The third kappa shape index (κ3) is 3.94. The molecular weight excluding hydrogens is 360 g/mol. The van der Waals surface area contributed by atoms with Crippen molar-refractivity contribution in [3.63, 3.8) is 0 Å². The highest BCUT2D eigenvalue weighted by Crippen LogP contribution is 2.29. The van der Waals surface area contributed by atoms with Gasteiger partial charge in [0.05, 0.1) is 11.2 Å². The first kappa shape index (κ1) is 18.6. The third-order valence-corrected chi connectivity index (χ3v) is 4.81. The van der Waals surface area contributed by atoms with E-state index in [-0.39, 0.29) is 5.78 Å². The second kappa shape index (κ2) is 7.72. The molecule has 0 amide bonds. The number of hydrogen-bond acceptors (Lipinski definition) is 5. The first-order valence-electron chi connectivity index (χ1n) is 9.44. The lowest BCUT2D eigenvalue weighted by atomic mass is 10.1. The van der Waals surface area contributed by atoms with Crippen LogP contribution in [-0.2, 0) is 0 Å². The number of carbonyl (C=O) groups is 1. The van der Waals surface area contributed by atoms with Gasteiger partial charge in [-0.15, -0.1) is 0 Å². The molecule has 0 fully saturated rings. The van der Waals surface area contributed by atoms with Crippen LogP contribution in [0, 0.1) is 0 Å². The van der Waals surface area contributed by atoms with Gasteiger partial charge in [-0.1, -0.05) is 30.3 Å². The van der Waals surface area contributed by atoms with Gasteiger partial charge in [-0.25, -0.2) is 9.97 Å². The Morgan fingerprint density at radius 2 is 1.55 bits per heavy atom. The molecule has 1 heterocycles. The number of aromatic nitrogens is 2. The van der Waals surface area contributed by atoms with E-state index in [2.05, 4.69) is 39.5 Å². The van der Waals surface area contributed by atoms with E-state index in [1.54, 1.807) is 19.1 Å². The molecule has 4 rings (SSSR count). The molecule has 0 spiro atoms. The number of para-hydroxylation sites is 1. The summed E-state index contributed by atoms with van der Waals surface area (Å²) in [5.41, 5.74) is 5.43. The van der Waals surface area contributed by atoms with E-state index >= 15 is 0 Å². The Morgan fingerprint density at radius 1 is 0.862 bits per heavy atom. The number of carbonyl (C=O) groups excluding carboxylic acids is 1. The molecule has 29 heavy (non-hydrogen) atoms. The SMILES string of the molecule is CC(=O)c1ccc(Nc2nc(-c3ccc(N(C)C)cc3)c3ccccc3n2)cc1. The molecule has 1 N–H and O–H groups in total. The molecule has 1 aromatic heterocycles. The lowest BCUT2D eigenvalue weighted by Crippen LogP contribution is -2.08. The lowest BCUT2D eigenvalue weighted by Gasteiger charge is -2.14. The predicted molar refractivity (Wildman–Crippen MR) is 119 cm³/mol. The average Bonchev–Trinajstić information content (AvgIpc) is 2.73. The van der Waals surface area contributed by atoms with Gasteiger partial charge in [0.25, 0.3) is 0 Å². The lowest BCUT2D eigenvalue weighted by molar-refractivity contribution is 0.101. The zero-order valence-electron chi connectivity index (χ0n) is 16.7. The van der Waals surface area contributed by atoms with Crippen molar-refractivity contribution in [2.75, 3.05) is 24.3 Å². The molecule has 0 radical (unpaired) electrons. The normalized spacial score (nSPS) is 10.7. The molecule has 0 unspecified atom stereocenters. The molecule has 0 aliphatic rings. The molecule has 5 heteroatoms. The summed E-state index contributed by atoms with van der Waals surface area (Å²) in [6, 6.07) is 23.6. The topological polar surface area (TPSA) is 58.1 Å². The van der Waals surface area contributed by atoms with Gasteiger partial charge in [-0.2, -0.15) is 0 Å². The summed E-state index contributed by atoms with van der Waals surface area (Å²) in [7, 11) is 4.04. The molecule has 0 aliphatic carbocycles. The van der Waals surface area contributed by atoms with Crippen molar-refractivity contribution in [3.8, 4) is 11.3 Å². The van der Waals surface area contributed by atoms with Gasteiger partial charge in [0.2, 0.25) is 5.95 Å². The van der Waals surface area contributed by atoms with Crippen molar-refractivity contribution in [3.05, 3.63) is 78.4 Å². The zero-order chi connectivity index (χ0) is 20.4. The van der Waals surface area contributed by atoms with Crippen LogP contribution < -0.4 is 10.2 Å². The van der Waals surface area contributed by atoms with E-state index < -0.39 is 0 Å². The number of nitrogens with one attached hydrogen (secondary N) is 1. The van der Waals surface area contributed by atoms with Crippen LogP contribution in [0.1, 0.15) is 17.3 Å². The van der Waals surface area contributed by atoms with Crippen LogP contribution in [0.25, 0.3) is 22.2 Å². The third-order valence-electron chi connectivity index (χ3n) is 4.81. The standard InChI is InChI=1S/C24H22N4O/c1-16(29)17-8-12-19(13-9-17)25-24-26-22-7-5-4-6-21(22)23(27-24)18-10-14-20(15-11-18)28(2)3/h4-15H,1-3H3,(H,25,26,27). The van der Waals surface area contributed by atoms with Crippen molar-refractivity contribution in [2.45, 2.75) is 6.92 Å². The number of benzene rings is 3. The van der Waals surface area contributed by atoms with Crippen molar-refractivity contribution in [1.82, 2.24) is 9.97 Å². The molecule has 0 aliphatic heterocycles. The fourth-order valence-electron chi connectivity index (χ4n) is 3.19. The van der Waals surface area contributed by atoms with E-state index in [0.29, 0.717) is 11.5 Å². The highest BCUT2D eigenvalue weighted by Gasteiger charge is 2.11. The number of hydrogen-bond donors (Lipinski definition) is 1. The molecule has 0 saturated heterocycles. The molecular formula is C24H22N4O. The maximum atomic E-state index is 11.5. The maximum Gasteiger partial charge on any atom is 0.228 e. The largest absolute Gasteiger partial charge is 0.378 e. The summed E-state index contributed by atoms with van der Waals surface area (Å²) in [4.78, 5) is 23.0. The van der Waals surface area contributed by atoms with Gasteiger partial charge in [0.15, 0.2) is 5.78 Å². The number of anilines is 3. The minimum Gasteiger partial charge on any atom is -0.378 e. The Labute approximate surface area is 170 Å². The monoisotopic (exact) mass is 382 g/mol. The minimum atomic E-state index is 0.0435. The fourth-order valence-corrected chi connectivity index (χ4v) is 3.19. The summed E-state index contributed by atoms with van der Waals surface area (Å²) in [5, 5.41) is 4.26. The highest BCUT2D eigenvalue weighted by molar-refractivity contribution is 5.95. The minimum absolute atomic E-state index is 0.0435. The number of rotatable bonds is 5. The summed E-state index contributed by atoms with van der Waals surface area (Å²) in [6.07, 6.45) is 0. The molecule has 0 atom stereocenters. The molecule has 144 valence electrons.